The SMILES string of the molecule is CC(C)(C#N)CCN1CCSCC1C(=O)O. The van der Waals surface area contributed by atoms with Crippen molar-refractivity contribution in [3.05, 3.63) is 0 Å². The number of hydrogen-bond acceptors (Lipinski definition) is 4. The van der Waals surface area contributed by atoms with Crippen LogP contribution in [0.3, 0.4) is 0 Å². The molecule has 1 heterocycles. The number of hydrogen-bond donors (Lipinski definition) is 1. The van der Waals surface area contributed by atoms with Crippen molar-refractivity contribution in [2.45, 2.75) is 26.3 Å². The molecule has 0 aromatic heterocycles. The van der Waals surface area contributed by atoms with Crippen molar-refractivity contribution < 1.29 is 9.90 Å². The molecule has 4 nitrogen and oxygen atoms in total. The van der Waals surface area contributed by atoms with E-state index in [9.17, 15) is 4.79 Å². The molecule has 1 unspecified atom stereocenters. The van der Waals surface area contributed by atoms with Crippen molar-refractivity contribution in [2.75, 3.05) is 24.6 Å². The van der Waals surface area contributed by atoms with Gasteiger partial charge in [0.15, 0.2) is 0 Å². The molecule has 0 aromatic carbocycles. The molecule has 0 spiro atoms. The summed E-state index contributed by atoms with van der Waals surface area (Å²) in [6, 6.07) is 1.86. The highest BCUT2D eigenvalue weighted by atomic mass is 32.2. The zero-order valence-electron chi connectivity index (χ0n) is 9.77. The lowest BCUT2D eigenvalue weighted by molar-refractivity contribution is -0.142. The zero-order chi connectivity index (χ0) is 12.2. The van der Waals surface area contributed by atoms with Crippen LogP contribution in [0.2, 0.25) is 0 Å². The van der Waals surface area contributed by atoms with Crippen LogP contribution in [-0.4, -0.2) is 46.6 Å². The van der Waals surface area contributed by atoms with Gasteiger partial charge in [-0.1, -0.05) is 0 Å². The first kappa shape index (κ1) is 13.3. The van der Waals surface area contributed by atoms with Crippen molar-refractivity contribution in [2.24, 2.45) is 5.41 Å². The van der Waals surface area contributed by atoms with Gasteiger partial charge >= 0.3 is 5.97 Å². The molecule has 1 atom stereocenters. The first-order valence-corrected chi connectivity index (χ1v) is 6.57. The predicted molar refractivity (Wildman–Crippen MR) is 64.3 cm³/mol. The first-order chi connectivity index (χ1) is 7.46. The lowest BCUT2D eigenvalue weighted by Crippen LogP contribution is -2.48. The van der Waals surface area contributed by atoms with E-state index >= 15 is 0 Å². The summed E-state index contributed by atoms with van der Waals surface area (Å²) in [7, 11) is 0. The van der Waals surface area contributed by atoms with Gasteiger partial charge in [-0.05, 0) is 20.3 Å². The van der Waals surface area contributed by atoms with Gasteiger partial charge < -0.3 is 5.11 Å². The van der Waals surface area contributed by atoms with Gasteiger partial charge in [-0.2, -0.15) is 17.0 Å². The molecule has 0 aliphatic carbocycles. The van der Waals surface area contributed by atoms with Crippen LogP contribution in [0.4, 0.5) is 0 Å². The molecule has 0 bridgehead atoms. The van der Waals surface area contributed by atoms with Crippen molar-refractivity contribution in [3.63, 3.8) is 0 Å². The van der Waals surface area contributed by atoms with E-state index in [0.717, 1.165) is 18.7 Å². The van der Waals surface area contributed by atoms with E-state index in [1.54, 1.807) is 11.8 Å². The summed E-state index contributed by atoms with van der Waals surface area (Å²) >= 11 is 1.69. The predicted octanol–water partition coefficient (Wildman–Crippen LogP) is 1.43. The van der Waals surface area contributed by atoms with Gasteiger partial charge in [0.1, 0.15) is 6.04 Å². The molecule has 0 amide bonds. The summed E-state index contributed by atoms with van der Waals surface area (Å²) in [5.74, 6) is 0.890. The number of thioether (sulfide) groups is 1. The van der Waals surface area contributed by atoms with Crippen LogP contribution in [0.5, 0.6) is 0 Å². The quantitative estimate of drug-likeness (QED) is 0.808. The normalized spacial score (nSPS) is 22.7. The summed E-state index contributed by atoms with van der Waals surface area (Å²) in [5.41, 5.74) is -0.367. The van der Waals surface area contributed by atoms with E-state index in [1.165, 1.54) is 0 Å². The van der Waals surface area contributed by atoms with Crippen LogP contribution >= 0.6 is 11.8 Å². The average molecular weight is 242 g/mol. The molecule has 0 saturated carbocycles. The Labute approximate surface area is 101 Å². The lowest BCUT2D eigenvalue weighted by Gasteiger charge is -2.33. The van der Waals surface area contributed by atoms with Gasteiger partial charge in [0.25, 0.3) is 0 Å². The van der Waals surface area contributed by atoms with Crippen LogP contribution < -0.4 is 0 Å². The molecular formula is C11H18N2O2S. The van der Waals surface area contributed by atoms with Crippen LogP contribution in [0.15, 0.2) is 0 Å². The Morgan fingerprint density at radius 2 is 2.38 bits per heavy atom. The summed E-state index contributed by atoms with van der Waals surface area (Å²) in [6.07, 6.45) is 0.720. The molecule has 90 valence electrons. The van der Waals surface area contributed by atoms with E-state index in [4.69, 9.17) is 10.4 Å². The van der Waals surface area contributed by atoms with E-state index in [0.29, 0.717) is 12.3 Å². The Morgan fingerprint density at radius 1 is 1.69 bits per heavy atom. The third-order valence-electron chi connectivity index (χ3n) is 2.85. The minimum Gasteiger partial charge on any atom is -0.480 e. The van der Waals surface area contributed by atoms with Crippen molar-refractivity contribution in [1.29, 1.82) is 5.26 Å². The summed E-state index contributed by atoms with van der Waals surface area (Å²) in [4.78, 5) is 13.0. The van der Waals surface area contributed by atoms with Gasteiger partial charge in [0.2, 0.25) is 0 Å². The molecule has 0 radical (unpaired) electrons. The van der Waals surface area contributed by atoms with Crippen LogP contribution in [0.1, 0.15) is 20.3 Å². The second-order valence-corrected chi connectivity index (χ2v) is 5.86. The molecule has 1 aliphatic heterocycles. The minimum absolute atomic E-state index is 0.367. The smallest absolute Gasteiger partial charge is 0.321 e. The second kappa shape index (κ2) is 5.55. The molecule has 1 rings (SSSR count). The zero-order valence-corrected chi connectivity index (χ0v) is 10.6. The van der Waals surface area contributed by atoms with Gasteiger partial charge in [-0.25, -0.2) is 0 Å². The van der Waals surface area contributed by atoms with Crippen LogP contribution in [-0.2, 0) is 4.79 Å². The Morgan fingerprint density at radius 3 is 2.94 bits per heavy atom. The number of aliphatic carboxylic acids is 1. The fourth-order valence-electron chi connectivity index (χ4n) is 1.61. The van der Waals surface area contributed by atoms with E-state index in [-0.39, 0.29) is 11.5 Å². The monoisotopic (exact) mass is 242 g/mol. The van der Waals surface area contributed by atoms with Gasteiger partial charge in [0.05, 0.1) is 11.5 Å². The fraction of sp³-hybridized carbons (Fsp3) is 0.818. The highest BCUT2D eigenvalue weighted by molar-refractivity contribution is 7.99. The second-order valence-electron chi connectivity index (χ2n) is 4.71. The third kappa shape index (κ3) is 3.69. The number of rotatable bonds is 4. The van der Waals surface area contributed by atoms with Crippen LogP contribution in [0.25, 0.3) is 0 Å². The molecule has 0 aromatic rings. The Bertz CT molecular complexity index is 299. The Kier molecular flexibility index (Phi) is 4.63. The van der Waals surface area contributed by atoms with Crippen LogP contribution in [0, 0.1) is 16.7 Å². The number of carbonyl (C=O) groups is 1. The minimum atomic E-state index is -0.748. The number of nitrogens with zero attached hydrogens (tertiary/aromatic N) is 2. The summed E-state index contributed by atoms with van der Waals surface area (Å²) in [5, 5.41) is 18.0. The molecule has 5 heteroatoms. The lowest BCUT2D eigenvalue weighted by atomic mass is 9.91. The van der Waals surface area contributed by atoms with E-state index < -0.39 is 5.97 Å². The molecule has 1 fully saturated rings. The number of carboxylic acids is 1. The van der Waals surface area contributed by atoms with E-state index in [2.05, 4.69) is 6.07 Å². The average Bonchev–Trinajstić information content (AvgIpc) is 2.27. The maximum Gasteiger partial charge on any atom is 0.321 e. The highest BCUT2D eigenvalue weighted by Gasteiger charge is 2.30. The molecule has 1 aliphatic rings. The first-order valence-electron chi connectivity index (χ1n) is 5.42. The Hall–Kier alpha value is -0.730. The van der Waals surface area contributed by atoms with Crippen molar-refractivity contribution in [1.82, 2.24) is 4.90 Å². The highest BCUT2D eigenvalue weighted by Crippen LogP contribution is 2.22. The Balaban J connectivity index is 2.51. The van der Waals surface area contributed by atoms with Gasteiger partial charge in [-0.15, -0.1) is 0 Å². The maximum atomic E-state index is 11.0. The summed E-state index contributed by atoms with van der Waals surface area (Å²) in [6.45, 7) is 5.28. The molecule has 1 saturated heterocycles. The van der Waals surface area contributed by atoms with Crippen molar-refractivity contribution in [3.8, 4) is 6.07 Å². The van der Waals surface area contributed by atoms with Gasteiger partial charge in [-0.3, -0.25) is 9.69 Å². The number of nitriles is 1. The van der Waals surface area contributed by atoms with E-state index in [1.807, 2.05) is 18.7 Å². The molecule has 1 N–H and O–H groups in total. The third-order valence-corrected chi connectivity index (χ3v) is 3.87. The van der Waals surface area contributed by atoms with Crippen molar-refractivity contribution >= 4 is 17.7 Å². The largest absolute Gasteiger partial charge is 0.480 e. The standard InChI is InChI=1S/C11H18N2O2S/c1-11(2,8-12)3-4-13-5-6-16-7-9(13)10(14)15/h9H,3-7H2,1-2H3,(H,14,15). The fourth-order valence-corrected chi connectivity index (χ4v) is 2.72. The van der Waals surface area contributed by atoms with Gasteiger partial charge in [0, 0.05) is 24.6 Å². The maximum absolute atomic E-state index is 11.0. The molecular weight excluding hydrogens is 224 g/mol. The number of carboxylic acid groups (broad SMARTS) is 1. The molecule has 16 heavy (non-hydrogen) atoms. The topological polar surface area (TPSA) is 64.3 Å². The summed E-state index contributed by atoms with van der Waals surface area (Å²) < 4.78 is 0.